The zero-order valence-electron chi connectivity index (χ0n) is 16.2. The first-order valence-electron chi connectivity index (χ1n) is 9.69. The van der Waals surface area contributed by atoms with Crippen LogP contribution >= 0.6 is 22.9 Å². The minimum Gasteiger partial charge on any atom is -0.454 e. The summed E-state index contributed by atoms with van der Waals surface area (Å²) in [6, 6.07) is 11.8. The monoisotopic (exact) mass is 456 g/mol. The van der Waals surface area contributed by atoms with Crippen molar-refractivity contribution in [2.24, 2.45) is 0 Å². The number of aromatic nitrogens is 2. The first-order chi connectivity index (χ1) is 15.1. The number of amides is 2. The molecule has 0 spiro atoms. The predicted molar refractivity (Wildman–Crippen MR) is 115 cm³/mol. The van der Waals surface area contributed by atoms with E-state index in [1.807, 2.05) is 0 Å². The Bertz CT molecular complexity index is 1150. The predicted octanol–water partition coefficient (Wildman–Crippen LogP) is 4.15. The lowest BCUT2D eigenvalue weighted by Crippen LogP contribution is -2.30. The molecule has 0 radical (unpaired) electrons. The molecule has 0 bridgehead atoms. The number of hydrogen-bond acceptors (Lipinski definition) is 7. The highest BCUT2D eigenvalue weighted by atomic mass is 35.5. The molecule has 2 amide bonds. The Morgan fingerprint density at radius 3 is 2.74 bits per heavy atom. The number of likely N-dealkylation sites (tertiary alicyclic amines) is 1. The number of carbonyl (C=O) groups excluding carboxylic acids is 2. The highest BCUT2D eigenvalue weighted by Crippen LogP contribution is 2.36. The van der Waals surface area contributed by atoms with E-state index in [0.29, 0.717) is 39.3 Å². The van der Waals surface area contributed by atoms with E-state index in [4.69, 9.17) is 21.1 Å². The van der Waals surface area contributed by atoms with Crippen LogP contribution in [0.4, 0.5) is 5.69 Å². The van der Waals surface area contributed by atoms with Gasteiger partial charge >= 0.3 is 0 Å². The van der Waals surface area contributed by atoms with Crippen LogP contribution in [0.5, 0.6) is 11.5 Å². The van der Waals surface area contributed by atoms with Crippen LogP contribution in [0.3, 0.4) is 0 Å². The van der Waals surface area contributed by atoms with Gasteiger partial charge in [0, 0.05) is 28.9 Å². The molecule has 31 heavy (non-hydrogen) atoms. The molecule has 0 unspecified atom stereocenters. The molecule has 0 aliphatic carbocycles. The van der Waals surface area contributed by atoms with E-state index in [1.165, 1.54) is 11.3 Å². The van der Waals surface area contributed by atoms with E-state index in [1.54, 1.807) is 47.4 Å². The lowest BCUT2D eigenvalue weighted by molar-refractivity contribution is 0.0735. The number of carbonyl (C=O) groups is 2. The number of nitrogens with zero attached hydrogens (tertiary/aromatic N) is 3. The summed E-state index contributed by atoms with van der Waals surface area (Å²) < 4.78 is 10.6. The van der Waals surface area contributed by atoms with Crippen molar-refractivity contribution in [3.63, 3.8) is 0 Å². The average Bonchev–Trinajstić information content (AvgIpc) is 3.53. The molecule has 1 aromatic heterocycles. The number of halogens is 1. The number of anilines is 1. The van der Waals surface area contributed by atoms with Crippen molar-refractivity contribution in [2.75, 3.05) is 18.7 Å². The zero-order chi connectivity index (χ0) is 21.4. The third kappa shape index (κ3) is 3.94. The highest BCUT2D eigenvalue weighted by molar-refractivity contribution is 7.13. The molecule has 8 nitrogen and oxygen atoms in total. The summed E-state index contributed by atoms with van der Waals surface area (Å²) in [5, 5.41) is 12.5. The SMILES string of the molecule is O=C(Nc1ccc2c(c1)OCO2)c1nnc([C@H]2CCCN2C(=O)c2ccc(Cl)cc2)s1. The van der Waals surface area contributed by atoms with Gasteiger partial charge in [-0.05, 0) is 49.2 Å². The van der Waals surface area contributed by atoms with Crippen LogP contribution in [0.25, 0.3) is 0 Å². The highest BCUT2D eigenvalue weighted by Gasteiger charge is 2.33. The van der Waals surface area contributed by atoms with Gasteiger partial charge in [0.25, 0.3) is 11.8 Å². The molecule has 1 saturated heterocycles. The van der Waals surface area contributed by atoms with Gasteiger partial charge in [-0.1, -0.05) is 22.9 Å². The average molecular weight is 457 g/mol. The number of fused-ring (bicyclic) bond motifs is 1. The molecule has 158 valence electrons. The Morgan fingerprint density at radius 1 is 1.10 bits per heavy atom. The normalized spacial score (nSPS) is 17.1. The molecule has 5 rings (SSSR count). The molecule has 0 saturated carbocycles. The standard InChI is InChI=1S/C21H17ClN4O4S/c22-13-5-3-12(4-6-13)21(28)26-9-1-2-15(26)19-24-25-20(31-19)18(27)23-14-7-8-16-17(10-14)30-11-29-16/h3-8,10,15H,1-2,9,11H2,(H,23,27)/t15-/m1/s1. The number of ether oxygens (including phenoxy) is 2. The Labute approximate surface area is 186 Å². The van der Waals surface area contributed by atoms with Gasteiger partial charge in [-0.2, -0.15) is 0 Å². The molecule has 1 atom stereocenters. The van der Waals surface area contributed by atoms with E-state index in [0.717, 1.165) is 12.8 Å². The molecule has 2 aliphatic heterocycles. The number of nitrogens with one attached hydrogen (secondary N) is 1. The van der Waals surface area contributed by atoms with Crippen LogP contribution in [0.2, 0.25) is 5.02 Å². The summed E-state index contributed by atoms with van der Waals surface area (Å²) in [4.78, 5) is 27.4. The van der Waals surface area contributed by atoms with Gasteiger partial charge < -0.3 is 19.7 Å². The van der Waals surface area contributed by atoms with Crippen LogP contribution < -0.4 is 14.8 Å². The topological polar surface area (TPSA) is 93.7 Å². The van der Waals surface area contributed by atoms with Crippen LogP contribution in [0.15, 0.2) is 42.5 Å². The first-order valence-corrected chi connectivity index (χ1v) is 10.9. The Balaban J connectivity index is 1.30. The maximum Gasteiger partial charge on any atom is 0.286 e. The van der Waals surface area contributed by atoms with E-state index < -0.39 is 0 Å². The summed E-state index contributed by atoms with van der Waals surface area (Å²) in [7, 11) is 0. The second kappa shape index (κ2) is 8.16. The van der Waals surface area contributed by atoms with E-state index in [9.17, 15) is 9.59 Å². The van der Waals surface area contributed by atoms with Gasteiger partial charge in [0.1, 0.15) is 5.01 Å². The largest absolute Gasteiger partial charge is 0.454 e. The fourth-order valence-corrected chi connectivity index (χ4v) is 4.66. The summed E-state index contributed by atoms with van der Waals surface area (Å²) in [5.41, 5.74) is 1.15. The van der Waals surface area contributed by atoms with Gasteiger partial charge in [0.05, 0.1) is 6.04 Å². The molecule has 1 fully saturated rings. The summed E-state index contributed by atoms with van der Waals surface area (Å²) >= 11 is 7.12. The van der Waals surface area contributed by atoms with Gasteiger partial charge in [0.2, 0.25) is 11.8 Å². The second-order valence-electron chi connectivity index (χ2n) is 7.13. The Kier molecular flexibility index (Phi) is 5.21. The van der Waals surface area contributed by atoms with Crippen LogP contribution in [-0.4, -0.2) is 40.2 Å². The van der Waals surface area contributed by atoms with E-state index in [-0.39, 0.29) is 29.7 Å². The molecule has 10 heteroatoms. The van der Waals surface area contributed by atoms with Gasteiger partial charge in [-0.3, -0.25) is 9.59 Å². The van der Waals surface area contributed by atoms with Crippen molar-refractivity contribution in [3.8, 4) is 11.5 Å². The molecular weight excluding hydrogens is 440 g/mol. The Hall–Kier alpha value is -3.17. The van der Waals surface area contributed by atoms with Crippen molar-refractivity contribution >= 4 is 40.4 Å². The van der Waals surface area contributed by atoms with E-state index in [2.05, 4.69) is 15.5 Å². The van der Waals surface area contributed by atoms with Crippen molar-refractivity contribution < 1.29 is 19.1 Å². The fraction of sp³-hybridized carbons (Fsp3) is 0.238. The third-order valence-electron chi connectivity index (χ3n) is 5.16. The summed E-state index contributed by atoms with van der Waals surface area (Å²) in [6.07, 6.45) is 1.64. The van der Waals surface area contributed by atoms with Gasteiger partial charge in [-0.15, -0.1) is 10.2 Å². The second-order valence-corrected chi connectivity index (χ2v) is 8.58. The molecule has 2 aliphatic rings. The van der Waals surface area contributed by atoms with Crippen molar-refractivity contribution in [3.05, 3.63) is 63.1 Å². The van der Waals surface area contributed by atoms with E-state index >= 15 is 0 Å². The first kappa shape index (κ1) is 19.8. The summed E-state index contributed by atoms with van der Waals surface area (Å²) in [5.74, 6) is 0.776. The number of rotatable bonds is 4. The molecule has 3 aromatic rings. The minimum atomic E-state index is -0.365. The minimum absolute atomic E-state index is 0.0827. The molecule has 2 aromatic carbocycles. The smallest absolute Gasteiger partial charge is 0.286 e. The van der Waals surface area contributed by atoms with Crippen molar-refractivity contribution in [1.82, 2.24) is 15.1 Å². The summed E-state index contributed by atoms with van der Waals surface area (Å²) in [6.45, 7) is 0.795. The maximum atomic E-state index is 13.0. The lowest BCUT2D eigenvalue weighted by atomic mass is 10.1. The molecular formula is C21H17ClN4O4S. The third-order valence-corrected chi connectivity index (χ3v) is 6.43. The molecule has 3 heterocycles. The van der Waals surface area contributed by atoms with Crippen LogP contribution in [0, 0.1) is 0 Å². The molecule has 1 N–H and O–H groups in total. The lowest BCUT2D eigenvalue weighted by Gasteiger charge is -2.22. The number of benzene rings is 2. The zero-order valence-corrected chi connectivity index (χ0v) is 17.8. The van der Waals surface area contributed by atoms with Crippen LogP contribution in [0.1, 0.15) is 44.1 Å². The number of hydrogen-bond donors (Lipinski definition) is 1. The van der Waals surface area contributed by atoms with Gasteiger partial charge in [-0.25, -0.2) is 0 Å². The van der Waals surface area contributed by atoms with Gasteiger partial charge in [0.15, 0.2) is 11.5 Å². The van der Waals surface area contributed by atoms with Crippen LogP contribution in [-0.2, 0) is 0 Å². The van der Waals surface area contributed by atoms with Crippen molar-refractivity contribution in [1.29, 1.82) is 0 Å². The fourth-order valence-electron chi connectivity index (χ4n) is 3.64. The Morgan fingerprint density at radius 2 is 1.90 bits per heavy atom. The van der Waals surface area contributed by atoms with Crippen molar-refractivity contribution in [2.45, 2.75) is 18.9 Å². The maximum absolute atomic E-state index is 13.0. The quantitative estimate of drug-likeness (QED) is 0.633.